The first-order valence-electron chi connectivity index (χ1n) is 10.5. The fraction of sp³-hybridized carbons (Fsp3) is 0.409. The zero-order chi connectivity index (χ0) is 24.0. The van der Waals surface area contributed by atoms with E-state index in [9.17, 15) is 18.3 Å². The summed E-state index contributed by atoms with van der Waals surface area (Å²) in [6.07, 6.45) is -0.989. The van der Waals surface area contributed by atoms with E-state index in [4.69, 9.17) is 18.9 Å². The van der Waals surface area contributed by atoms with Crippen LogP contribution in [0.25, 0.3) is 0 Å². The number of sulfonamides is 1. The second kappa shape index (κ2) is 10.7. The summed E-state index contributed by atoms with van der Waals surface area (Å²) >= 11 is 0. The van der Waals surface area contributed by atoms with Gasteiger partial charge in [-0.05, 0) is 30.3 Å². The number of methoxy groups -OCH3 is 1. The van der Waals surface area contributed by atoms with Gasteiger partial charge in [-0.3, -0.25) is 4.79 Å². The predicted octanol–water partition coefficient (Wildman–Crippen LogP) is 1.62. The van der Waals surface area contributed by atoms with Crippen LogP contribution in [0.2, 0.25) is 0 Å². The van der Waals surface area contributed by atoms with Crippen molar-refractivity contribution in [3.63, 3.8) is 0 Å². The van der Waals surface area contributed by atoms with Crippen LogP contribution >= 0.6 is 0 Å². The molecule has 0 bridgehead atoms. The van der Waals surface area contributed by atoms with Crippen molar-refractivity contribution in [3.8, 4) is 23.0 Å². The maximum Gasteiger partial charge on any atom is 0.251 e. The lowest BCUT2D eigenvalue weighted by atomic mass is 10.2. The second-order valence-electron chi connectivity index (χ2n) is 7.14. The summed E-state index contributed by atoms with van der Waals surface area (Å²) in [6.45, 7) is 4.03. The number of ether oxygens (including phenoxy) is 4. The lowest BCUT2D eigenvalue weighted by molar-refractivity contribution is 0.0843. The first kappa shape index (κ1) is 24.6. The van der Waals surface area contributed by atoms with Gasteiger partial charge in [0.1, 0.15) is 29.1 Å². The third-order valence-corrected chi connectivity index (χ3v) is 7.10. The molecular weight excluding hydrogens is 452 g/mol. The van der Waals surface area contributed by atoms with Crippen molar-refractivity contribution in [3.05, 3.63) is 42.0 Å². The maximum atomic E-state index is 12.9. The van der Waals surface area contributed by atoms with Gasteiger partial charge in [0.05, 0.1) is 7.11 Å². The molecule has 33 heavy (non-hydrogen) atoms. The lowest BCUT2D eigenvalue weighted by Gasteiger charge is -2.20. The van der Waals surface area contributed by atoms with E-state index in [2.05, 4.69) is 5.32 Å². The van der Waals surface area contributed by atoms with Gasteiger partial charge < -0.3 is 29.4 Å². The van der Waals surface area contributed by atoms with Crippen molar-refractivity contribution >= 4 is 15.9 Å². The van der Waals surface area contributed by atoms with Gasteiger partial charge in [-0.2, -0.15) is 4.31 Å². The Labute approximate surface area is 193 Å². The fourth-order valence-electron chi connectivity index (χ4n) is 3.25. The van der Waals surface area contributed by atoms with Crippen LogP contribution in [0.15, 0.2) is 41.3 Å². The molecule has 1 unspecified atom stereocenters. The first-order valence-corrected chi connectivity index (χ1v) is 11.9. The Hall–Kier alpha value is -3.02. The molecule has 0 saturated carbocycles. The average Bonchev–Trinajstić information content (AvgIpc) is 3.29. The first-order chi connectivity index (χ1) is 15.8. The lowest BCUT2D eigenvalue weighted by Crippen LogP contribution is -2.35. The zero-order valence-electron chi connectivity index (χ0n) is 18.7. The Kier molecular flexibility index (Phi) is 8.01. The molecule has 1 atom stereocenters. The van der Waals surface area contributed by atoms with Gasteiger partial charge in [0.2, 0.25) is 16.8 Å². The second-order valence-corrected chi connectivity index (χ2v) is 9.05. The summed E-state index contributed by atoms with van der Waals surface area (Å²) in [6, 6.07) is 9.23. The number of rotatable bonds is 11. The van der Waals surface area contributed by atoms with E-state index in [0.717, 1.165) is 0 Å². The smallest absolute Gasteiger partial charge is 0.251 e. The number of aliphatic hydroxyl groups excluding tert-OH is 1. The van der Waals surface area contributed by atoms with Crippen LogP contribution in [0.4, 0.5) is 0 Å². The van der Waals surface area contributed by atoms with Gasteiger partial charge in [-0.15, -0.1) is 0 Å². The molecule has 1 aliphatic rings. The highest BCUT2D eigenvalue weighted by atomic mass is 32.2. The van der Waals surface area contributed by atoms with Crippen LogP contribution in [0.1, 0.15) is 24.2 Å². The topological polar surface area (TPSA) is 124 Å². The molecule has 1 heterocycles. The van der Waals surface area contributed by atoms with Gasteiger partial charge in [0.15, 0.2) is 11.5 Å². The van der Waals surface area contributed by atoms with Crippen molar-refractivity contribution in [2.45, 2.75) is 24.8 Å². The molecule has 2 aromatic rings. The molecule has 0 fully saturated rings. The minimum atomic E-state index is -3.84. The summed E-state index contributed by atoms with van der Waals surface area (Å²) in [4.78, 5) is 12.5. The van der Waals surface area contributed by atoms with E-state index in [1.165, 1.54) is 29.6 Å². The Morgan fingerprint density at radius 3 is 2.58 bits per heavy atom. The summed E-state index contributed by atoms with van der Waals surface area (Å²) in [5.74, 6) is 1.29. The highest BCUT2D eigenvalue weighted by molar-refractivity contribution is 7.89. The number of amides is 1. The van der Waals surface area contributed by atoms with E-state index in [1.807, 2.05) is 0 Å². The van der Waals surface area contributed by atoms with E-state index in [1.54, 1.807) is 32.0 Å². The number of nitrogens with zero attached hydrogens (tertiary/aromatic N) is 1. The highest BCUT2D eigenvalue weighted by Crippen LogP contribution is 2.35. The molecule has 0 aromatic heterocycles. The minimum absolute atomic E-state index is 0.0654. The minimum Gasteiger partial charge on any atom is -0.495 e. The molecular formula is C22H28N2O8S. The summed E-state index contributed by atoms with van der Waals surface area (Å²) in [5.41, 5.74) is 0.130. The molecule has 10 nitrogen and oxygen atoms in total. The summed E-state index contributed by atoms with van der Waals surface area (Å²) in [7, 11) is -2.47. The van der Waals surface area contributed by atoms with Crippen LogP contribution in [-0.2, 0) is 10.0 Å². The van der Waals surface area contributed by atoms with Crippen LogP contribution in [0.5, 0.6) is 23.0 Å². The molecule has 0 radical (unpaired) electrons. The van der Waals surface area contributed by atoms with E-state index >= 15 is 0 Å². The number of fused-ring (bicyclic) bond motifs is 1. The van der Waals surface area contributed by atoms with Crippen molar-refractivity contribution in [2.24, 2.45) is 0 Å². The standard InChI is InChI=1S/C22H28N2O8S/c1-4-24(5-2)33(27,28)21-10-15(6-8-19(21)29-3)22(26)23-12-16(25)13-30-17-7-9-18-20(11-17)32-14-31-18/h6-11,16,25H,4-5,12-14H2,1-3H3,(H,23,26). The van der Waals surface area contributed by atoms with Crippen LogP contribution in [0, 0.1) is 0 Å². The number of hydrogen-bond donors (Lipinski definition) is 2. The summed E-state index contributed by atoms with van der Waals surface area (Å²) in [5, 5.41) is 12.8. The molecule has 1 aliphatic heterocycles. The SMILES string of the molecule is CCN(CC)S(=O)(=O)c1cc(C(=O)NCC(O)COc2ccc3c(c2)OCO3)ccc1OC. The summed E-state index contributed by atoms with van der Waals surface area (Å²) < 4.78 is 48.4. The van der Waals surface area contributed by atoms with Crippen molar-refractivity contribution < 1.29 is 37.3 Å². The zero-order valence-corrected chi connectivity index (χ0v) is 19.6. The Bertz CT molecular complexity index is 1090. The molecule has 180 valence electrons. The van der Waals surface area contributed by atoms with E-state index in [0.29, 0.717) is 17.2 Å². The average molecular weight is 481 g/mol. The Morgan fingerprint density at radius 2 is 1.88 bits per heavy atom. The highest BCUT2D eigenvalue weighted by Gasteiger charge is 2.27. The van der Waals surface area contributed by atoms with Crippen LogP contribution < -0.4 is 24.3 Å². The van der Waals surface area contributed by atoms with Crippen LogP contribution in [0.3, 0.4) is 0 Å². The number of hydrogen-bond acceptors (Lipinski definition) is 8. The number of carbonyl (C=O) groups excluding carboxylic acids is 1. The quantitative estimate of drug-likeness (QED) is 0.497. The van der Waals surface area contributed by atoms with Crippen molar-refractivity contribution in [2.75, 3.05) is 40.1 Å². The van der Waals surface area contributed by atoms with Gasteiger partial charge in [-0.1, -0.05) is 13.8 Å². The number of benzene rings is 2. The molecule has 0 aliphatic carbocycles. The van der Waals surface area contributed by atoms with Gasteiger partial charge in [0.25, 0.3) is 5.91 Å². The monoisotopic (exact) mass is 480 g/mol. The maximum absolute atomic E-state index is 12.9. The molecule has 0 spiro atoms. The van der Waals surface area contributed by atoms with Gasteiger partial charge in [0, 0.05) is 31.3 Å². The van der Waals surface area contributed by atoms with Crippen molar-refractivity contribution in [1.29, 1.82) is 0 Å². The molecule has 2 N–H and O–H groups in total. The third kappa shape index (κ3) is 5.67. The Morgan fingerprint density at radius 1 is 1.15 bits per heavy atom. The third-order valence-electron chi connectivity index (χ3n) is 5.03. The number of nitrogens with one attached hydrogen (secondary N) is 1. The largest absolute Gasteiger partial charge is 0.495 e. The van der Waals surface area contributed by atoms with E-state index in [-0.39, 0.29) is 49.2 Å². The predicted molar refractivity (Wildman–Crippen MR) is 120 cm³/mol. The molecule has 11 heteroatoms. The van der Waals surface area contributed by atoms with E-state index < -0.39 is 22.0 Å². The molecule has 1 amide bonds. The molecule has 3 rings (SSSR count). The number of aliphatic hydroxyl groups is 1. The Balaban J connectivity index is 1.61. The number of carbonyl (C=O) groups is 1. The van der Waals surface area contributed by atoms with Gasteiger partial charge >= 0.3 is 0 Å². The van der Waals surface area contributed by atoms with Crippen molar-refractivity contribution in [1.82, 2.24) is 9.62 Å². The fourth-order valence-corrected chi connectivity index (χ4v) is 4.89. The van der Waals surface area contributed by atoms with Gasteiger partial charge in [-0.25, -0.2) is 8.42 Å². The normalized spacial score (nSPS) is 13.6. The molecule has 0 saturated heterocycles. The molecule has 2 aromatic carbocycles. The van der Waals surface area contributed by atoms with Crippen LogP contribution in [-0.4, -0.2) is 70.0 Å².